The number of benzene rings is 1. The van der Waals surface area contributed by atoms with E-state index in [2.05, 4.69) is 28.6 Å². The third kappa shape index (κ3) is 2.08. The minimum absolute atomic E-state index is 0.171. The van der Waals surface area contributed by atoms with Crippen molar-refractivity contribution in [3.05, 3.63) is 28.2 Å². The van der Waals surface area contributed by atoms with Crippen molar-refractivity contribution in [1.29, 1.82) is 0 Å². The number of hydrogen-bond acceptors (Lipinski definition) is 2. The standard InChI is InChI=1S/C10H8BrF2NOS/c11-5-1-7(12)10(8(13)2-5)14-4-6(16)3-9(14)15/h1-2,6,16H,3-4H2. The summed E-state index contributed by atoms with van der Waals surface area (Å²) in [5, 5.41) is -0.171. The van der Waals surface area contributed by atoms with E-state index in [1.165, 1.54) is 0 Å². The summed E-state index contributed by atoms with van der Waals surface area (Å²) in [7, 11) is 0. The number of rotatable bonds is 1. The average Bonchev–Trinajstić information content (AvgIpc) is 2.43. The molecule has 1 heterocycles. The Balaban J connectivity index is 2.44. The molecule has 0 saturated carbocycles. The number of thiol groups is 1. The molecule has 1 aliphatic heterocycles. The number of carbonyl (C=O) groups excluding carboxylic acids is 1. The molecule has 1 amide bonds. The van der Waals surface area contributed by atoms with Gasteiger partial charge in [-0.1, -0.05) is 15.9 Å². The van der Waals surface area contributed by atoms with Gasteiger partial charge in [0.15, 0.2) is 11.6 Å². The van der Waals surface area contributed by atoms with Crippen LogP contribution in [0.2, 0.25) is 0 Å². The maximum Gasteiger partial charge on any atom is 0.228 e. The number of anilines is 1. The Morgan fingerprint density at radius 1 is 1.38 bits per heavy atom. The molecule has 1 fully saturated rings. The van der Waals surface area contributed by atoms with Crippen LogP contribution in [0.4, 0.5) is 14.5 Å². The van der Waals surface area contributed by atoms with Crippen molar-refractivity contribution >= 4 is 40.2 Å². The van der Waals surface area contributed by atoms with Crippen molar-refractivity contribution in [2.24, 2.45) is 0 Å². The number of hydrogen-bond donors (Lipinski definition) is 1. The van der Waals surface area contributed by atoms with Gasteiger partial charge in [-0.15, -0.1) is 0 Å². The predicted octanol–water partition coefficient (Wildman–Crippen LogP) is 2.76. The van der Waals surface area contributed by atoms with Gasteiger partial charge in [0, 0.05) is 22.7 Å². The summed E-state index contributed by atoms with van der Waals surface area (Å²) in [6, 6.07) is 2.27. The summed E-state index contributed by atoms with van der Waals surface area (Å²) in [5.74, 6) is -1.80. The third-order valence-electron chi connectivity index (χ3n) is 2.36. The second kappa shape index (κ2) is 4.33. The van der Waals surface area contributed by atoms with Gasteiger partial charge in [-0.05, 0) is 12.1 Å². The molecule has 0 spiro atoms. The van der Waals surface area contributed by atoms with Gasteiger partial charge in [-0.25, -0.2) is 8.78 Å². The molecule has 1 aromatic rings. The zero-order chi connectivity index (χ0) is 11.9. The minimum atomic E-state index is -0.748. The summed E-state index contributed by atoms with van der Waals surface area (Å²) in [6.07, 6.45) is 0.206. The molecular weight excluding hydrogens is 300 g/mol. The van der Waals surface area contributed by atoms with Crippen molar-refractivity contribution in [1.82, 2.24) is 0 Å². The smallest absolute Gasteiger partial charge is 0.228 e. The van der Waals surface area contributed by atoms with E-state index in [0.717, 1.165) is 17.0 Å². The molecular formula is C10H8BrF2NOS. The summed E-state index contributed by atoms with van der Waals surface area (Å²) in [6.45, 7) is 0.234. The van der Waals surface area contributed by atoms with Crippen LogP contribution in [0.3, 0.4) is 0 Å². The first-order chi connectivity index (χ1) is 7.49. The van der Waals surface area contributed by atoms with Gasteiger partial charge in [0.1, 0.15) is 5.69 Å². The topological polar surface area (TPSA) is 20.3 Å². The van der Waals surface area contributed by atoms with Crippen LogP contribution in [0.15, 0.2) is 16.6 Å². The van der Waals surface area contributed by atoms with Gasteiger partial charge in [0.05, 0.1) is 0 Å². The lowest BCUT2D eigenvalue weighted by molar-refractivity contribution is -0.117. The van der Waals surface area contributed by atoms with Crippen molar-refractivity contribution in [3.63, 3.8) is 0 Å². The van der Waals surface area contributed by atoms with Gasteiger partial charge in [-0.3, -0.25) is 4.79 Å². The van der Waals surface area contributed by atoms with Gasteiger partial charge >= 0.3 is 0 Å². The second-order valence-electron chi connectivity index (χ2n) is 3.58. The lowest BCUT2D eigenvalue weighted by atomic mass is 10.2. The molecule has 0 bridgehead atoms. The first kappa shape index (κ1) is 11.9. The summed E-state index contributed by atoms with van der Waals surface area (Å²) < 4.78 is 27.5. The molecule has 0 radical (unpaired) electrons. The van der Waals surface area contributed by atoms with Crippen LogP contribution >= 0.6 is 28.6 Å². The molecule has 86 valence electrons. The van der Waals surface area contributed by atoms with E-state index in [4.69, 9.17) is 0 Å². The molecule has 16 heavy (non-hydrogen) atoms. The Morgan fingerprint density at radius 2 is 1.94 bits per heavy atom. The van der Waals surface area contributed by atoms with Crippen molar-refractivity contribution < 1.29 is 13.6 Å². The SMILES string of the molecule is O=C1CC(S)CN1c1c(F)cc(Br)cc1F. The Bertz CT molecular complexity index is 431. The molecule has 1 aromatic carbocycles. The Hall–Kier alpha value is -0.620. The summed E-state index contributed by atoms with van der Waals surface area (Å²) in [5.41, 5.74) is -0.287. The largest absolute Gasteiger partial charge is 0.306 e. The fraction of sp³-hybridized carbons (Fsp3) is 0.300. The highest BCUT2D eigenvalue weighted by Gasteiger charge is 2.32. The zero-order valence-corrected chi connectivity index (χ0v) is 10.6. The highest BCUT2D eigenvalue weighted by atomic mass is 79.9. The first-order valence-corrected chi connectivity index (χ1v) is 5.93. The van der Waals surface area contributed by atoms with Crippen molar-refractivity contribution in [2.45, 2.75) is 11.7 Å². The van der Waals surface area contributed by atoms with E-state index in [-0.39, 0.29) is 29.8 Å². The zero-order valence-electron chi connectivity index (χ0n) is 8.08. The molecule has 2 nitrogen and oxygen atoms in total. The Labute approximate surface area is 105 Å². The maximum absolute atomic E-state index is 13.6. The first-order valence-electron chi connectivity index (χ1n) is 4.62. The molecule has 1 unspecified atom stereocenters. The fourth-order valence-electron chi connectivity index (χ4n) is 1.70. The Morgan fingerprint density at radius 3 is 2.38 bits per heavy atom. The summed E-state index contributed by atoms with van der Waals surface area (Å²) in [4.78, 5) is 12.6. The van der Waals surface area contributed by atoms with Crippen LogP contribution in [-0.4, -0.2) is 17.7 Å². The number of halogens is 3. The number of carbonyl (C=O) groups is 1. The molecule has 0 aromatic heterocycles. The van der Waals surface area contributed by atoms with Crippen LogP contribution in [-0.2, 0) is 4.79 Å². The van der Waals surface area contributed by atoms with E-state index in [1.807, 2.05) is 0 Å². The lowest BCUT2D eigenvalue weighted by Crippen LogP contribution is -2.26. The normalized spacial score (nSPS) is 20.6. The fourth-order valence-corrected chi connectivity index (χ4v) is 2.42. The molecule has 2 rings (SSSR count). The van der Waals surface area contributed by atoms with E-state index >= 15 is 0 Å². The molecule has 6 heteroatoms. The monoisotopic (exact) mass is 307 g/mol. The van der Waals surface area contributed by atoms with Crippen LogP contribution in [0.1, 0.15) is 6.42 Å². The quantitative estimate of drug-likeness (QED) is 0.791. The molecule has 1 saturated heterocycles. The van der Waals surface area contributed by atoms with Gasteiger partial charge < -0.3 is 4.90 Å². The molecule has 1 aliphatic rings. The van der Waals surface area contributed by atoms with E-state index < -0.39 is 11.6 Å². The third-order valence-corrected chi connectivity index (χ3v) is 3.16. The minimum Gasteiger partial charge on any atom is -0.306 e. The summed E-state index contributed by atoms with van der Waals surface area (Å²) >= 11 is 7.12. The lowest BCUT2D eigenvalue weighted by Gasteiger charge is -2.17. The Kier molecular flexibility index (Phi) is 3.21. The second-order valence-corrected chi connectivity index (χ2v) is 5.23. The van der Waals surface area contributed by atoms with Gasteiger partial charge in [-0.2, -0.15) is 12.6 Å². The average molecular weight is 308 g/mol. The van der Waals surface area contributed by atoms with E-state index in [1.54, 1.807) is 0 Å². The number of nitrogens with zero attached hydrogens (tertiary/aromatic N) is 1. The van der Waals surface area contributed by atoms with Crippen LogP contribution in [0, 0.1) is 11.6 Å². The highest BCUT2D eigenvalue weighted by molar-refractivity contribution is 9.10. The highest BCUT2D eigenvalue weighted by Crippen LogP contribution is 2.31. The van der Waals surface area contributed by atoms with Crippen molar-refractivity contribution in [3.8, 4) is 0 Å². The predicted molar refractivity (Wildman–Crippen MR) is 63.8 cm³/mol. The van der Waals surface area contributed by atoms with Crippen LogP contribution in [0.25, 0.3) is 0 Å². The maximum atomic E-state index is 13.6. The van der Waals surface area contributed by atoms with Crippen LogP contribution in [0.5, 0.6) is 0 Å². The van der Waals surface area contributed by atoms with Gasteiger partial charge in [0.2, 0.25) is 5.91 Å². The van der Waals surface area contributed by atoms with E-state index in [0.29, 0.717) is 4.47 Å². The van der Waals surface area contributed by atoms with Gasteiger partial charge in [0.25, 0.3) is 0 Å². The molecule has 0 N–H and O–H groups in total. The van der Waals surface area contributed by atoms with Crippen molar-refractivity contribution in [2.75, 3.05) is 11.4 Å². The molecule has 1 atom stereocenters. The molecule has 0 aliphatic carbocycles. The number of amides is 1. The van der Waals surface area contributed by atoms with Crippen LogP contribution < -0.4 is 4.90 Å². The van der Waals surface area contributed by atoms with E-state index in [9.17, 15) is 13.6 Å².